The van der Waals surface area contributed by atoms with Crippen LogP contribution in [0.25, 0.3) is 21.9 Å². The van der Waals surface area contributed by atoms with Gasteiger partial charge < -0.3 is 9.88 Å². The van der Waals surface area contributed by atoms with Gasteiger partial charge in [-0.2, -0.15) is 13.2 Å². The van der Waals surface area contributed by atoms with E-state index in [0.29, 0.717) is 22.6 Å². The number of aromatic nitrogens is 4. The average Bonchev–Trinajstić information content (AvgIpc) is 3.43. The summed E-state index contributed by atoms with van der Waals surface area (Å²) >= 11 is 6.19. The third-order valence-electron chi connectivity index (χ3n) is 6.44. The molecule has 0 saturated heterocycles. The zero-order valence-electron chi connectivity index (χ0n) is 17.8. The largest absolute Gasteiger partial charge is 0.405 e. The van der Waals surface area contributed by atoms with Crippen molar-refractivity contribution in [2.24, 2.45) is 5.92 Å². The van der Waals surface area contributed by atoms with Crippen molar-refractivity contribution in [2.75, 3.05) is 11.9 Å². The van der Waals surface area contributed by atoms with Gasteiger partial charge >= 0.3 is 6.18 Å². The first-order valence-corrected chi connectivity index (χ1v) is 11.4. The average molecular weight is 474 g/mol. The number of rotatable bonds is 6. The molecule has 4 aromatic rings. The SMILES string of the molecule is FC(F)(F)CNc1ccc2ccc(CCC3CCC(n4ccc5c(Cl)ncnc54)C3)cc2n1. The lowest BCUT2D eigenvalue weighted by Crippen LogP contribution is -2.21. The molecule has 1 aliphatic rings. The molecule has 33 heavy (non-hydrogen) atoms. The van der Waals surface area contributed by atoms with Gasteiger partial charge in [0, 0.05) is 17.6 Å². The third kappa shape index (κ3) is 4.90. The molecule has 1 aromatic carbocycles. The lowest BCUT2D eigenvalue weighted by molar-refractivity contribution is -0.115. The lowest BCUT2D eigenvalue weighted by atomic mass is 9.97. The fourth-order valence-electron chi connectivity index (χ4n) is 4.78. The van der Waals surface area contributed by atoms with Crippen molar-refractivity contribution < 1.29 is 13.2 Å². The number of hydrogen-bond donors (Lipinski definition) is 1. The molecular formula is C24H23ClF3N5. The minimum Gasteiger partial charge on any atom is -0.361 e. The zero-order valence-corrected chi connectivity index (χ0v) is 18.6. The van der Waals surface area contributed by atoms with Crippen molar-refractivity contribution in [1.82, 2.24) is 19.5 Å². The van der Waals surface area contributed by atoms with Crippen molar-refractivity contribution in [3.63, 3.8) is 0 Å². The van der Waals surface area contributed by atoms with Crippen LogP contribution in [-0.2, 0) is 6.42 Å². The van der Waals surface area contributed by atoms with Gasteiger partial charge in [-0.05, 0) is 67.9 Å². The number of hydrogen-bond acceptors (Lipinski definition) is 4. The number of nitrogens with zero attached hydrogens (tertiary/aromatic N) is 4. The number of halogens is 4. The number of nitrogens with one attached hydrogen (secondary N) is 1. The molecule has 3 heterocycles. The maximum absolute atomic E-state index is 12.5. The predicted octanol–water partition coefficient (Wildman–Crippen LogP) is 6.58. The minimum absolute atomic E-state index is 0.235. The van der Waals surface area contributed by atoms with Crippen LogP contribution in [0.3, 0.4) is 0 Å². The van der Waals surface area contributed by atoms with Crippen LogP contribution in [0, 0.1) is 5.92 Å². The van der Waals surface area contributed by atoms with Crippen molar-refractivity contribution in [3.05, 3.63) is 59.6 Å². The van der Waals surface area contributed by atoms with Gasteiger partial charge in [-0.1, -0.05) is 23.7 Å². The van der Waals surface area contributed by atoms with E-state index in [1.807, 2.05) is 18.2 Å². The van der Waals surface area contributed by atoms with Crippen LogP contribution in [0.1, 0.15) is 37.3 Å². The topological polar surface area (TPSA) is 55.6 Å². The number of pyridine rings is 1. The Morgan fingerprint density at radius 2 is 1.94 bits per heavy atom. The summed E-state index contributed by atoms with van der Waals surface area (Å²) in [6.45, 7) is -1.09. The number of alkyl halides is 3. The fourth-order valence-corrected chi connectivity index (χ4v) is 4.97. The van der Waals surface area contributed by atoms with Crippen LogP contribution in [0.15, 0.2) is 48.9 Å². The molecule has 3 aromatic heterocycles. The highest BCUT2D eigenvalue weighted by atomic mass is 35.5. The van der Waals surface area contributed by atoms with Crippen LogP contribution < -0.4 is 5.32 Å². The molecule has 1 aliphatic carbocycles. The fraction of sp³-hybridized carbons (Fsp3) is 0.375. The number of anilines is 1. The molecule has 1 saturated carbocycles. The molecule has 0 aliphatic heterocycles. The van der Waals surface area contributed by atoms with E-state index in [9.17, 15) is 13.2 Å². The van der Waals surface area contributed by atoms with E-state index in [2.05, 4.69) is 37.1 Å². The molecule has 1 N–H and O–H groups in total. The highest BCUT2D eigenvalue weighted by molar-refractivity contribution is 6.33. The summed E-state index contributed by atoms with van der Waals surface area (Å²) in [7, 11) is 0. The summed E-state index contributed by atoms with van der Waals surface area (Å²) in [5.41, 5.74) is 2.74. The van der Waals surface area contributed by atoms with Crippen LogP contribution in [0.4, 0.5) is 19.0 Å². The first kappa shape index (κ1) is 21.9. The summed E-state index contributed by atoms with van der Waals surface area (Å²) in [5, 5.41) is 4.63. The van der Waals surface area contributed by atoms with Gasteiger partial charge in [0.05, 0.1) is 10.9 Å². The van der Waals surface area contributed by atoms with E-state index in [1.165, 1.54) is 6.33 Å². The van der Waals surface area contributed by atoms with Gasteiger partial charge in [0.2, 0.25) is 0 Å². The van der Waals surface area contributed by atoms with Crippen LogP contribution in [-0.4, -0.2) is 32.2 Å². The van der Waals surface area contributed by atoms with Gasteiger partial charge in [-0.25, -0.2) is 15.0 Å². The summed E-state index contributed by atoms with van der Waals surface area (Å²) in [4.78, 5) is 12.8. The zero-order chi connectivity index (χ0) is 23.0. The Balaban J connectivity index is 1.23. The van der Waals surface area contributed by atoms with Gasteiger partial charge in [0.15, 0.2) is 0 Å². The molecule has 5 nitrogen and oxygen atoms in total. The highest BCUT2D eigenvalue weighted by Crippen LogP contribution is 2.39. The minimum atomic E-state index is -4.27. The molecule has 5 rings (SSSR count). The van der Waals surface area contributed by atoms with Crippen molar-refractivity contribution in [1.29, 1.82) is 0 Å². The highest BCUT2D eigenvalue weighted by Gasteiger charge is 2.28. The molecular weight excluding hydrogens is 451 g/mol. The van der Waals surface area contributed by atoms with E-state index in [1.54, 1.807) is 12.1 Å². The van der Waals surface area contributed by atoms with Crippen molar-refractivity contribution in [2.45, 2.75) is 44.3 Å². The van der Waals surface area contributed by atoms with Gasteiger partial charge in [-0.15, -0.1) is 0 Å². The van der Waals surface area contributed by atoms with Crippen molar-refractivity contribution >= 4 is 39.4 Å². The van der Waals surface area contributed by atoms with Gasteiger partial charge in [0.1, 0.15) is 29.5 Å². The molecule has 172 valence electrons. The van der Waals surface area contributed by atoms with Crippen LogP contribution in [0.2, 0.25) is 5.15 Å². The van der Waals surface area contributed by atoms with Crippen LogP contribution >= 0.6 is 11.6 Å². The smallest absolute Gasteiger partial charge is 0.361 e. The number of fused-ring (bicyclic) bond motifs is 2. The second kappa shape index (κ2) is 8.82. The van der Waals surface area contributed by atoms with Gasteiger partial charge in [0.25, 0.3) is 0 Å². The first-order chi connectivity index (χ1) is 15.9. The maximum atomic E-state index is 12.5. The Morgan fingerprint density at radius 1 is 1.09 bits per heavy atom. The standard InChI is InChI=1S/C24H23ClF3N5/c25-22-19-9-10-33(23(19)31-14-30-22)18-7-4-15(11-18)1-2-16-3-5-17-6-8-21(32-20(17)12-16)29-13-24(26,27)28/h3,5-6,8-10,12,14-15,18H,1-2,4,7,11,13H2,(H,29,32). The van der Waals surface area contributed by atoms with E-state index < -0.39 is 12.7 Å². The Kier molecular flexibility index (Phi) is 5.86. The quantitative estimate of drug-likeness (QED) is 0.321. The summed E-state index contributed by atoms with van der Waals surface area (Å²) < 4.78 is 39.6. The Bertz CT molecular complexity index is 1290. The summed E-state index contributed by atoms with van der Waals surface area (Å²) in [6.07, 6.45) is 4.60. The second-order valence-electron chi connectivity index (χ2n) is 8.69. The number of benzene rings is 1. The summed E-state index contributed by atoms with van der Waals surface area (Å²) in [5.74, 6) is 0.840. The van der Waals surface area contributed by atoms with Gasteiger partial charge in [-0.3, -0.25) is 0 Å². The van der Waals surface area contributed by atoms with E-state index in [-0.39, 0.29) is 5.82 Å². The normalized spacial score (nSPS) is 18.9. The Morgan fingerprint density at radius 3 is 2.79 bits per heavy atom. The van der Waals surface area contributed by atoms with Crippen LogP contribution in [0.5, 0.6) is 0 Å². The van der Waals surface area contributed by atoms with E-state index in [0.717, 1.165) is 54.1 Å². The molecule has 2 atom stereocenters. The third-order valence-corrected chi connectivity index (χ3v) is 6.74. The summed E-state index contributed by atoms with van der Waals surface area (Å²) in [6, 6.07) is 11.8. The molecule has 0 bridgehead atoms. The number of aryl methyl sites for hydroxylation is 1. The molecule has 9 heteroatoms. The monoisotopic (exact) mass is 473 g/mol. The Hall–Kier alpha value is -2.87. The van der Waals surface area contributed by atoms with E-state index in [4.69, 9.17) is 11.6 Å². The van der Waals surface area contributed by atoms with E-state index >= 15 is 0 Å². The Labute approximate surface area is 194 Å². The lowest BCUT2D eigenvalue weighted by Gasteiger charge is -2.14. The maximum Gasteiger partial charge on any atom is 0.405 e. The first-order valence-electron chi connectivity index (χ1n) is 11.0. The molecule has 0 radical (unpaired) electrons. The molecule has 0 amide bonds. The second-order valence-corrected chi connectivity index (χ2v) is 9.05. The molecule has 2 unspecified atom stereocenters. The molecule has 1 fully saturated rings. The predicted molar refractivity (Wildman–Crippen MR) is 124 cm³/mol. The van der Waals surface area contributed by atoms with Crippen molar-refractivity contribution in [3.8, 4) is 0 Å². The molecule has 0 spiro atoms.